The van der Waals surface area contributed by atoms with E-state index in [4.69, 9.17) is 10.5 Å². The second-order valence-corrected chi connectivity index (χ2v) is 5.62. The van der Waals surface area contributed by atoms with E-state index in [1.54, 1.807) is 12.1 Å². The van der Waals surface area contributed by atoms with Crippen molar-refractivity contribution in [2.24, 2.45) is 0 Å². The Morgan fingerprint density at radius 1 is 1.08 bits per heavy atom. The summed E-state index contributed by atoms with van der Waals surface area (Å²) in [5.41, 5.74) is 10.1. The maximum absolute atomic E-state index is 12.1. The van der Waals surface area contributed by atoms with Gasteiger partial charge in [0.2, 0.25) is 0 Å². The van der Waals surface area contributed by atoms with Gasteiger partial charge in [0, 0.05) is 11.4 Å². The molecular formula is C19H22N2O3. The van der Waals surface area contributed by atoms with Crippen LogP contribution in [0.15, 0.2) is 36.4 Å². The van der Waals surface area contributed by atoms with Gasteiger partial charge >= 0.3 is 5.97 Å². The Labute approximate surface area is 141 Å². The van der Waals surface area contributed by atoms with Crippen molar-refractivity contribution in [2.45, 2.75) is 27.2 Å². The second-order valence-electron chi connectivity index (χ2n) is 5.62. The van der Waals surface area contributed by atoms with Gasteiger partial charge in [0.1, 0.15) is 0 Å². The number of carbonyl (C=O) groups is 2. The number of rotatable bonds is 5. The molecular weight excluding hydrogens is 304 g/mol. The first kappa shape index (κ1) is 17.5. The summed E-state index contributed by atoms with van der Waals surface area (Å²) >= 11 is 0. The number of nitrogens with one attached hydrogen (secondary N) is 1. The predicted octanol–water partition coefficient (Wildman–Crippen LogP) is 3.24. The summed E-state index contributed by atoms with van der Waals surface area (Å²) in [5, 5.41) is 2.82. The SMILES string of the molecule is CCc1cccc(C)c1NC(=O)COC(=O)c1cccc(C)c1N. The Balaban J connectivity index is 2.01. The van der Waals surface area contributed by atoms with Gasteiger partial charge in [-0.15, -0.1) is 0 Å². The van der Waals surface area contributed by atoms with Crippen molar-refractivity contribution >= 4 is 23.3 Å². The second kappa shape index (κ2) is 7.64. The van der Waals surface area contributed by atoms with E-state index in [-0.39, 0.29) is 18.1 Å². The molecule has 0 heterocycles. The minimum atomic E-state index is -0.605. The van der Waals surface area contributed by atoms with Crippen LogP contribution >= 0.6 is 0 Å². The minimum Gasteiger partial charge on any atom is -0.452 e. The van der Waals surface area contributed by atoms with Crippen LogP contribution in [0, 0.1) is 13.8 Å². The molecule has 0 saturated carbocycles. The Kier molecular flexibility index (Phi) is 5.58. The van der Waals surface area contributed by atoms with E-state index in [1.165, 1.54) is 0 Å². The topological polar surface area (TPSA) is 81.4 Å². The molecule has 1 amide bonds. The smallest absolute Gasteiger partial charge is 0.340 e. The number of nitrogen functional groups attached to an aromatic ring is 1. The van der Waals surface area contributed by atoms with E-state index in [9.17, 15) is 9.59 Å². The molecule has 0 unspecified atom stereocenters. The van der Waals surface area contributed by atoms with Crippen LogP contribution in [0.1, 0.15) is 34.0 Å². The normalized spacial score (nSPS) is 10.3. The highest BCUT2D eigenvalue weighted by molar-refractivity contribution is 5.99. The summed E-state index contributed by atoms with van der Waals surface area (Å²) in [4.78, 5) is 24.2. The molecule has 0 fully saturated rings. The Morgan fingerprint density at radius 3 is 2.46 bits per heavy atom. The summed E-state index contributed by atoms with van der Waals surface area (Å²) < 4.78 is 5.08. The summed E-state index contributed by atoms with van der Waals surface area (Å²) in [7, 11) is 0. The van der Waals surface area contributed by atoms with Crippen molar-refractivity contribution in [2.75, 3.05) is 17.7 Å². The van der Waals surface area contributed by atoms with Crippen LogP contribution in [0.25, 0.3) is 0 Å². The zero-order chi connectivity index (χ0) is 17.7. The van der Waals surface area contributed by atoms with Gasteiger partial charge in [-0.1, -0.05) is 37.3 Å². The van der Waals surface area contributed by atoms with E-state index >= 15 is 0 Å². The predicted molar refractivity (Wildman–Crippen MR) is 95.1 cm³/mol. The lowest BCUT2D eigenvalue weighted by atomic mass is 10.1. The number of hydrogen-bond acceptors (Lipinski definition) is 4. The number of carbonyl (C=O) groups excluding carboxylic acids is 2. The highest BCUT2D eigenvalue weighted by atomic mass is 16.5. The number of benzene rings is 2. The van der Waals surface area contributed by atoms with Gasteiger partial charge in [0.25, 0.3) is 5.91 Å². The molecule has 5 nitrogen and oxygen atoms in total. The lowest BCUT2D eigenvalue weighted by Gasteiger charge is -2.13. The van der Waals surface area contributed by atoms with Crippen molar-refractivity contribution in [3.8, 4) is 0 Å². The summed E-state index contributed by atoms with van der Waals surface area (Å²) in [6.07, 6.45) is 0.802. The molecule has 126 valence electrons. The summed E-state index contributed by atoms with van der Waals surface area (Å²) in [6, 6.07) is 11.0. The molecule has 0 saturated heterocycles. The van der Waals surface area contributed by atoms with Gasteiger partial charge < -0.3 is 15.8 Å². The molecule has 24 heavy (non-hydrogen) atoms. The van der Waals surface area contributed by atoms with Crippen molar-refractivity contribution < 1.29 is 14.3 Å². The molecule has 0 spiro atoms. The van der Waals surface area contributed by atoms with Gasteiger partial charge in [-0.25, -0.2) is 4.79 Å². The average Bonchev–Trinajstić information content (AvgIpc) is 2.57. The van der Waals surface area contributed by atoms with E-state index in [0.29, 0.717) is 5.69 Å². The molecule has 0 aromatic heterocycles. The maximum Gasteiger partial charge on any atom is 0.340 e. The van der Waals surface area contributed by atoms with Gasteiger partial charge in [-0.3, -0.25) is 4.79 Å². The zero-order valence-corrected chi connectivity index (χ0v) is 14.2. The van der Waals surface area contributed by atoms with Crippen molar-refractivity contribution in [1.29, 1.82) is 0 Å². The number of nitrogens with two attached hydrogens (primary N) is 1. The molecule has 0 atom stereocenters. The van der Waals surface area contributed by atoms with Crippen LogP contribution in [0.4, 0.5) is 11.4 Å². The monoisotopic (exact) mass is 326 g/mol. The van der Waals surface area contributed by atoms with Crippen LogP contribution in [0.5, 0.6) is 0 Å². The van der Waals surface area contributed by atoms with Crippen LogP contribution in [0.2, 0.25) is 0 Å². The zero-order valence-electron chi connectivity index (χ0n) is 14.2. The van der Waals surface area contributed by atoms with Crippen LogP contribution < -0.4 is 11.1 Å². The fraction of sp³-hybridized carbons (Fsp3) is 0.263. The summed E-state index contributed by atoms with van der Waals surface area (Å²) in [5.74, 6) is -0.981. The first-order chi connectivity index (χ1) is 11.4. The number of esters is 1. The molecule has 0 aliphatic carbocycles. The van der Waals surface area contributed by atoms with E-state index in [2.05, 4.69) is 5.32 Å². The van der Waals surface area contributed by atoms with Crippen LogP contribution in [-0.4, -0.2) is 18.5 Å². The maximum atomic E-state index is 12.1. The van der Waals surface area contributed by atoms with Crippen LogP contribution in [0.3, 0.4) is 0 Å². The van der Waals surface area contributed by atoms with Crippen molar-refractivity contribution in [3.05, 3.63) is 58.7 Å². The molecule has 5 heteroatoms. The Hall–Kier alpha value is -2.82. The number of anilines is 2. The first-order valence-corrected chi connectivity index (χ1v) is 7.84. The molecule has 0 bridgehead atoms. The Bertz CT molecular complexity index is 769. The molecule has 0 aliphatic rings. The third kappa shape index (κ3) is 3.93. The first-order valence-electron chi connectivity index (χ1n) is 7.84. The lowest BCUT2D eigenvalue weighted by Crippen LogP contribution is -2.22. The molecule has 2 rings (SSSR count). The standard InChI is InChI=1S/C19H22N2O3/c1-4-14-9-5-8-13(3)18(14)21-16(22)11-24-19(23)15-10-6-7-12(2)17(15)20/h5-10H,4,11,20H2,1-3H3,(H,21,22). The van der Waals surface area contributed by atoms with Gasteiger partial charge in [0.15, 0.2) is 6.61 Å². The van der Waals surface area contributed by atoms with Crippen molar-refractivity contribution in [1.82, 2.24) is 0 Å². The molecule has 3 N–H and O–H groups in total. The molecule has 2 aromatic rings. The fourth-order valence-corrected chi connectivity index (χ4v) is 2.45. The number of aryl methyl sites for hydroxylation is 3. The third-order valence-corrected chi connectivity index (χ3v) is 3.88. The van der Waals surface area contributed by atoms with E-state index < -0.39 is 5.97 Å². The fourth-order valence-electron chi connectivity index (χ4n) is 2.45. The number of amides is 1. The Morgan fingerprint density at radius 2 is 1.75 bits per heavy atom. The third-order valence-electron chi connectivity index (χ3n) is 3.88. The van der Waals surface area contributed by atoms with Crippen LogP contribution in [-0.2, 0) is 16.0 Å². The summed E-state index contributed by atoms with van der Waals surface area (Å²) in [6.45, 7) is 5.40. The average molecular weight is 326 g/mol. The van der Waals surface area contributed by atoms with Crippen molar-refractivity contribution in [3.63, 3.8) is 0 Å². The largest absolute Gasteiger partial charge is 0.452 e. The quantitative estimate of drug-likeness (QED) is 0.653. The lowest BCUT2D eigenvalue weighted by molar-refractivity contribution is -0.119. The molecule has 0 aliphatic heterocycles. The highest BCUT2D eigenvalue weighted by Gasteiger charge is 2.15. The molecule has 2 aromatic carbocycles. The van der Waals surface area contributed by atoms with E-state index in [0.717, 1.165) is 28.8 Å². The number of para-hydroxylation sites is 2. The van der Waals surface area contributed by atoms with Gasteiger partial charge in [-0.2, -0.15) is 0 Å². The minimum absolute atomic E-state index is 0.271. The molecule has 0 radical (unpaired) electrons. The number of ether oxygens (including phenoxy) is 1. The van der Waals surface area contributed by atoms with Gasteiger partial charge in [0.05, 0.1) is 5.56 Å². The number of hydrogen-bond donors (Lipinski definition) is 2. The van der Waals surface area contributed by atoms with E-state index in [1.807, 2.05) is 45.0 Å². The highest BCUT2D eigenvalue weighted by Crippen LogP contribution is 2.21. The van der Waals surface area contributed by atoms with Gasteiger partial charge in [-0.05, 0) is 43.0 Å².